The number of rotatable bonds is 7. The van der Waals surface area contributed by atoms with Gasteiger partial charge in [-0.2, -0.15) is 0 Å². The molecule has 0 saturated carbocycles. The van der Waals surface area contributed by atoms with E-state index in [-0.39, 0.29) is 5.69 Å². The molecule has 3 rings (SSSR count). The van der Waals surface area contributed by atoms with Crippen LogP contribution < -0.4 is 13.6 Å². The molecule has 26 heavy (non-hydrogen) atoms. The number of nitro groups is 1. The lowest BCUT2D eigenvalue weighted by Crippen LogP contribution is -2.07. The number of hydrogen-bond acceptors (Lipinski definition) is 6. The molecule has 0 aliphatic heterocycles. The Morgan fingerprint density at radius 1 is 0.692 bits per heavy atom. The maximum Gasteiger partial charge on any atom is 0.490 e. The summed E-state index contributed by atoms with van der Waals surface area (Å²) in [7, 11) is 0. The van der Waals surface area contributed by atoms with Gasteiger partial charge in [-0.05, 0) is 36.4 Å². The second-order valence-corrected chi connectivity index (χ2v) is 7.88. The fourth-order valence-electron chi connectivity index (χ4n) is 2.03. The number of non-ortho nitro benzene ring substituents is 1. The molecule has 0 saturated heterocycles. The first-order chi connectivity index (χ1) is 12.5. The van der Waals surface area contributed by atoms with Crippen LogP contribution in [0.25, 0.3) is 0 Å². The van der Waals surface area contributed by atoms with Gasteiger partial charge in [0.2, 0.25) is 0 Å². The largest absolute Gasteiger partial charge is 0.490 e. The minimum atomic E-state index is -3.26. The van der Waals surface area contributed by atoms with E-state index in [1.54, 1.807) is 24.3 Å². The Labute approximate surface area is 155 Å². The van der Waals surface area contributed by atoms with Crippen molar-refractivity contribution in [3.05, 3.63) is 95.0 Å². The molecule has 6 nitrogen and oxygen atoms in total. The van der Waals surface area contributed by atoms with E-state index in [1.807, 2.05) is 36.4 Å². The Morgan fingerprint density at radius 3 is 1.46 bits per heavy atom. The fraction of sp³-hybridized carbons (Fsp3) is 0. The van der Waals surface area contributed by atoms with E-state index in [9.17, 15) is 10.1 Å². The van der Waals surface area contributed by atoms with Gasteiger partial charge in [0.05, 0.1) is 4.92 Å². The van der Waals surface area contributed by atoms with Crippen LogP contribution in [-0.2, 0) is 11.8 Å². The van der Waals surface area contributed by atoms with E-state index < -0.39 is 11.6 Å². The second-order valence-electron chi connectivity index (χ2n) is 5.10. The molecular weight excluding hydrogens is 373 g/mol. The van der Waals surface area contributed by atoms with Gasteiger partial charge >= 0.3 is 6.72 Å². The van der Waals surface area contributed by atoms with E-state index in [0.717, 1.165) is 0 Å². The summed E-state index contributed by atoms with van der Waals surface area (Å²) < 4.78 is 17.5. The third kappa shape index (κ3) is 4.81. The summed E-state index contributed by atoms with van der Waals surface area (Å²) in [4.78, 5) is 10.3. The highest BCUT2D eigenvalue weighted by atomic mass is 32.5. The predicted molar refractivity (Wildman–Crippen MR) is 102 cm³/mol. The first-order valence-electron chi connectivity index (χ1n) is 7.57. The quantitative estimate of drug-likeness (QED) is 0.309. The second kappa shape index (κ2) is 7.99. The molecule has 0 aliphatic carbocycles. The summed E-state index contributed by atoms with van der Waals surface area (Å²) in [5.74, 6) is 1.34. The number of para-hydroxylation sites is 2. The van der Waals surface area contributed by atoms with Crippen molar-refractivity contribution in [2.75, 3.05) is 0 Å². The molecule has 0 aliphatic rings. The van der Waals surface area contributed by atoms with Crippen LogP contribution in [0.3, 0.4) is 0 Å². The lowest BCUT2D eigenvalue weighted by Gasteiger charge is -2.23. The molecule has 0 heterocycles. The van der Waals surface area contributed by atoms with Gasteiger partial charge in [-0.3, -0.25) is 10.1 Å². The molecule has 0 amide bonds. The molecule has 0 bridgehead atoms. The molecule has 0 spiro atoms. The Kier molecular flexibility index (Phi) is 5.51. The third-order valence-electron chi connectivity index (χ3n) is 3.19. The molecule has 3 aromatic carbocycles. The van der Waals surface area contributed by atoms with E-state index in [0.29, 0.717) is 17.2 Å². The Balaban J connectivity index is 1.86. The van der Waals surface area contributed by atoms with Crippen LogP contribution in [0.4, 0.5) is 5.69 Å². The maximum atomic E-state index is 10.8. The smallest absolute Gasteiger partial charge is 0.407 e. The van der Waals surface area contributed by atoms with Gasteiger partial charge in [0.25, 0.3) is 5.69 Å². The molecule has 0 unspecified atom stereocenters. The number of benzene rings is 3. The van der Waals surface area contributed by atoms with Gasteiger partial charge in [0, 0.05) is 23.9 Å². The lowest BCUT2D eigenvalue weighted by atomic mass is 10.3. The van der Waals surface area contributed by atoms with E-state index >= 15 is 0 Å². The summed E-state index contributed by atoms with van der Waals surface area (Å²) in [5, 5.41) is 10.8. The topological polar surface area (TPSA) is 70.8 Å². The van der Waals surface area contributed by atoms with Crippen LogP contribution in [0.1, 0.15) is 0 Å². The summed E-state index contributed by atoms with van der Waals surface area (Å²) in [6.45, 7) is -3.26. The van der Waals surface area contributed by atoms with Crippen LogP contribution in [0, 0.1) is 10.1 Å². The first-order valence-corrected chi connectivity index (χ1v) is 10.1. The predicted octanol–water partition coefficient (Wildman–Crippen LogP) is 5.36. The molecule has 0 fully saturated rings. The molecule has 0 radical (unpaired) electrons. The fourth-order valence-corrected chi connectivity index (χ4v) is 4.06. The lowest BCUT2D eigenvalue weighted by molar-refractivity contribution is -0.384. The van der Waals surface area contributed by atoms with Crippen LogP contribution >= 0.6 is 6.72 Å². The Bertz CT molecular complexity index is 874. The zero-order valence-electron chi connectivity index (χ0n) is 13.4. The van der Waals surface area contributed by atoms with Crippen LogP contribution in [0.5, 0.6) is 17.2 Å². The highest BCUT2D eigenvalue weighted by molar-refractivity contribution is 8.08. The molecule has 3 aromatic rings. The number of nitro benzene ring substituents is 1. The third-order valence-corrected chi connectivity index (χ3v) is 5.16. The van der Waals surface area contributed by atoms with Crippen LogP contribution in [-0.4, -0.2) is 4.92 Å². The van der Waals surface area contributed by atoms with E-state index in [4.69, 9.17) is 25.4 Å². The summed E-state index contributed by atoms with van der Waals surface area (Å²) in [5.41, 5.74) is -0.0430. The molecular formula is C18H14NO5PS. The van der Waals surface area contributed by atoms with Crippen LogP contribution in [0.15, 0.2) is 84.9 Å². The van der Waals surface area contributed by atoms with Crippen molar-refractivity contribution in [2.45, 2.75) is 0 Å². The van der Waals surface area contributed by atoms with Crippen LogP contribution in [0.2, 0.25) is 0 Å². The van der Waals surface area contributed by atoms with Gasteiger partial charge < -0.3 is 13.6 Å². The first kappa shape index (κ1) is 17.9. The maximum absolute atomic E-state index is 10.8. The summed E-state index contributed by atoms with van der Waals surface area (Å²) >= 11 is 5.54. The minimum absolute atomic E-state index is 0.0430. The van der Waals surface area contributed by atoms with Gasteiger partial charge in [-0.1, -0.05) is 36.4 Å². The van der Waals surface area contributed by atoms with E-state index in [1.165, 1.54) is 24.3 Å². The van der Waals surface area contributed by atoms with Crippen molar-refractivity contribution in [2.24, 2.45) is 0 Å². The highest BCUT2D eigenvalue weighted by Crippen LogP contribution is 2.50. The van der Waals surface area contributed by atoms with Crippen molar-refractivity contribution in [1.29, 1.82) is 0 Å². The van der Waals surface area contributed by atoms with E-state index in [2.05, 4.69) is 0 Å². The monoisotopic (exact) mass is 387 g/mol. The van der Waals surface area contributed by atoms with Gasteiger partial charge in [-0.15, -0.1) is 0 Å². The van der Waals surface area contributed by atoms with Crippen molar-refractivity contribution in [1.82, 2.24) is 0 Å². The van der Waals surface area contributed by atoms with Gasteiger partial charge in [0.15, 0.2) is 0 Å². The van der Waals surface area contributed by atoms with Crippen molar-refractivity contribution in [3.63, 3.8) is 0 Å². The summed E-state index contributed by atoms with van der Waals surface area (Å²) in [6.07, 6.45) is 0. The standard InChI is InChI=1S/C18H14NO5PS/c20-19(21)15-11-13-18(14-12-15)24-25(26,22-16-7-3-1-4-8-16)23-17-9-5-2-6-10-17/h1-14H. The highest BCUT2D eigenvalue weighted by Gasteiger charge is 2.27. The van der Waals surface area contributed by atoms with Crippen molar-refractivity contribution < 1.29 is 18.5 Å². The number of hydrogen-bond donors (Lipinski definition) is 0. The SMILES string of the molecule is O=[N+]([O-])c1ccc(OP(=S)(Oc2ccccc2)Oc2ccccc2)cc1. The Morgan fingerprint density at radius 2 is 1.08 bits per heavy atom. The zero-order valence-corrected chi connectivity index (χ0v) is 15.1. The Hall–Kier alpha value is -2.89. The molecule has 132 valence electrons. The average Bonchev–Trinajstić information content (AvgIpc) is 2.63. The minimum Gasteiger partial charge on any atom is -0.407 e. The van der Waals surface area contributed by atoms with Crippen molar-refractivity contribution in [3.8, 4) is 17.2 Å². The molecule has 0 N–H and O–H groups in total. The molecule has 0 aromatic heterocycles. The normalized spacial score (nSPS) is 10.8. The average molecular weight is 387 g/mol. The number of nitrogens with zero attached hydrogens (tertiary/aromatic N) is 1. The molecule has 8 heteroatoms. The van der Waals surface area contributed by atoms with Gasteiger partial charge in [0.1, 0.15) is 17.2 Å². The van der Waals surface area contributed by atoms with Crippen molar-refractivity contribution >= 4 is 24.2 Å². The van der Waals surface area contributed by atoms with Gasteiger partial charge in [-0.25, -0.2) is 0 Å². The zero-order chi connectivity index (χ0) is 18.4. The molecule has 0 atom stereocenters. The summed E-state index contributed by atoms with van der Waals surface area (Å²) in [6, 6.07) is 23.5.